The summed E-state index contributed by atoms with van der Waals surface area (Å²) in [6.07, 6.45) is -0.00161. The molecular formula is C26H28N2O4. The molecule has 0 aliphatic heterocycles. The monoisotopic (exact) mass is 432 g/mol. The maximum absolute atomic E-state index is 12.8. The van der Waals surface area contributed by atoms with Gasteiger partial charge in [0, 0.05) is 16.8 Å². The summed E-state index contributed by atoms with van der Waals surface area (Å²) in [6.45, 7) is 5.75. The van der Waals surface area contributed by atoms with Crippen molar-refractivity contribution in [2.75, 3.05) is 12.4 Å². The van der Waals surface area contributed by atoms with Crippen molar-refractivity contribution in [2.24, 2.45) is 0 Å². The molecule has 6 nitrogen and oxygen atoms in total. The summed E-state index contributed by atoms with van der Waals surface area (Å²) >= 11 is 0. The van der Waals surface area contributed by atoms with Crippen LogP contribution in [0.3, 0.4) is 0 Å². The molecule has 0 spiro atoms. The van der Waals surface area contributed by atoms with Gasteiger partial charge in [-0.1, -0.05) is 30.3 Å². The lowest BCUT2D eigenvalue weighted by Crippen LogP contribution is -2.26. The van der Waals surface area contributed by atoms with Crippen LogP contribution < -0.4 is 20.1 Å². The first kappa shape index (κ1) is 22.9. The molecule has 32 heavy (non-hydrogen) atoms. The van der Waals surface area contributed by atoms with Crippen LogP contribution in [-0.2, 0) is 0 Å². The zero-order valence-corrected chi connectivity index (χ0v) is 18.7. The van der Waals surface area contributed by atoms with E-state index in [1.165, 1.54) is 0 Å². The molecule has 0 saturated heterocycles. The van der Waals surface area contributed by atoms with E-state index in [1.54, 1.807) is 37.4 Å². The lowest BCUT2D eigenvalue weighted by molar-refractivity contribution is 0.0938. The van der Waals surface area contributed by atoms with Gasteiger partial charge in [-0.15, -0.1) is 0 Å². The highest BCUT2D eigenvalue weighted by atomic mass is 16.5. The topological polar surface area (TPSA) is 76.7 Å². The lowest BCUT2D eigenvalue weighted by Gasteiger charge is -2.17. The van der Waals surface area contributed by atoms with Gasteiger partial charge in [-0.25, -0.2) is 0 Å². The number of methoxy groups -OCH3 is 1. The van der Waals surface area contributed by atoms with Gasteiger partial charge in [0.15, 0.2) is 11.5 Å². The van der Waals surface area contributed by atoms with Crippen LogP contribution in [0.4, 0.5) is 5.69 Å². The number of rotatable bonds is 8. The maximum Gasteiger partial charge on any atom is 0.255 e. The van der Waals surface area contributed by atoms with Gasteiger partial charge in [-0.05, 0) is 68.8 Å². The number of nitrogens with one attached hydrogen (secondary N) is 2. The Hall–Kier alpha value is -3.80. The van der Waals surface area contributed by atoms with Crippen molar-refractivity contribution in [3.63, 3.8) is 0 Å². The van der Waals surface area contributed by atoms with E-state index in [0.29, 0.717) is 28.3 Å². The fourth-order valence-electron chi connectivity index (χ4n) is 3.20. The zero-order valence-electron chi connectivity index (χ0n) is 18.7. The predicted octanol–water partition coefficient (Wildman–Crippen LogP) is 5.23. The molecule has 0 aliphatic carbocycles. The van der Waals surface area contributed by atoms with Crippen LogP contribution in [0.2, 0.25) is 0 Å². The number of hydrogen-bond donors (Lipinski definition) is 2. The Labute approximate surface area is 188 Å². The van der Waals surface area contributed by atoms with Gasteiger partial charge in [-0.3, -0.25) is 9.59 Å². The van der Waals surface area contributed by atoms with Gasteiger partial charge in [0.25, 0.3) is 11.8 Å². The van der Waals surface area contributed by atoms with Gasteiger partial charge in [0.05, 0.1) is 19.3 Å². The van der Waals surface area contributed by atoms with Crippen molar-refractivity contribution in [3.05, 3.63) is 89.5 Å². The summed E-state index contributed by atoms with van der Waals surface area (Å²) in [6, 6.07) is 21.3. The van der Waals surface area contributed by atoms with Crippen molar-refractivity contribution in [3.8, 4) is 11.5 Å². The van der Waals surface area contributed by atoms with E-state index in [-0.39, 0.29) is 24.0 Å². The summed E-state index contributed by atoms with van der Waals surface area (Å²) in [4.78, 5) is 25.2. The zero-order chi connectivity index (χ0) is 23.1. The van der Waals surface area contributed by atoms with Crippen molar-refractivity contribution in [1.29, 1.82) is 0 Å². The van der Waals surface area contributed by atoms with Crippen LogP contribution in [0.25, 0.3) is 0 Å². The fraction of sp³-hybridized carbons (Fsp3) is 0.231. The van der Waals surface area contributed by atoms with Crippen LogP contribution in [-0.4, -0.2) is 25.0 Å². The minimum absolute atomic E-state index is 0.00161. The molecule has 0 radical (unpaired) electrons. The minimum Gasteiger partial charge on any atom is -0.493 e. The highest BCUT2D eigenvalue weighted by Crippen LogP contribution is 2.29. The van der Waals surface area contributed by atoms with Crippen LogP contribution in [0, 0.1) is 0 Å². The summed E-state index contributed by atoms with van der Waals surface area (Å²) in [5.74, 6) is 0.680. The molecule has 3 aromatic rings. The third-order valence-electron chi connectivity index (χ3n) is 4.82. The summed E-state index contributed by atoms with van der Waals surface area (Å²) in [5.41, 5.74) is 2.58. The Morgan fingerprint density at radius 3 is 2.22 bits per heavy atom. The smallest absolute Gasteiger partial charge is 0.255 e. The normalized spacial score (nSPS) is 11.5. The third kappa shape index (κ3) is 5.88. The number of benzene rings is 3. The molecule has 0 fully saturated rings. The second-order valence-corrected chi connectivity index (χ2v) is 7.67. The van der Waals surface area contributed by atoms with Crippen molar-refractivity contribution in [1.82, 2.24) is 5.32 Å². The Balaban J connectivity index is 1.69. The molecule has 6 heteroatoms. The van der Waals surface area contributed by atoms with E-state index in [0.717, 1.165) is 5.56 Å². The molecule has 0 aromatic heterocycles. The molecule has 1 atom stereocenters. The number of hydrogen-bond acceptors (Lipinski definition) is 4. The Kier molecular flexibility index (Phi) is 7.49. The van der Waals surface area contributed by atoms with Crippen molar-refractivity contribution in [2.45, 2.75) is 32.9 Å². The van der Waals surface area contributed by atoms with E-state index in [1.807, 2.05) is 63.2 Å². The second-order valence-electron chi connectivity index (χ2n) is 7.67. The van der Waals surface area contributed by atoms with Crippen LogP contribution >= 0.6 is 0 Å². The largest absolute Gasteiger partial charge is 0.493 e. The van der Waals surface area contributed by atoms with Crippen LogP contribution in [0.15, 0.2) is 72.8 Å². The lowest BCUT2D eigenvalue weighted by atomic mass is 10.1. The average molecular weight is 433 g/mol. The maximum atomic E-state index is 12.8. The molecule has 2 amide bonds. The summed E-state index contributed by atoms with van der Waals surface area (Å²) in [5, 5.41) is 5.88. The second kappa shape index (κ2) is 10.5. The Bertz CT molecular complexity index is 1080. The average Bonchev–Trinajstić information content (AvgIpc) is 2.79. The molecule has 166 valence electrons. The Morgan fingerprint density at radius 1 is 0.781 bits per heavy atom. The van der Waals surface area contributed by atoms with Crippen molar-refractivity contribution >= 4 is 17.5 Å². The first-order chi connectivity index (χ1) is 15.4. The van der Waals surface area contributed by atoms with Gasteiger partial charge in [0.2, 0.25) is 0 Å². The van der Waals surface area contributed by atoms with E-state index < -0.39 is 0 Å². The number of anilines is 1. The molecule has 3 rings (SSSR count). The van der Waals surface area contributed by atoms with Crippen molar-refractivity contribution < 1.29 is 19.1 Å². The highest BCUT2D eigenvalue weighted by molar-refractivity contribution is 6.04. The molecule has 0 saturated carbocycles. The number of carbonyl (C=O) groups is 2. The molecule has 0 bridgehead atoms. The third-order valence-corrected chi connectivity index (χ3v) is 4.82. The fourth-order valence-corrected chi connectivity index (χ4v) is 3.20. The molecule has 3 aromatic carbocycles. The standard InChI is InChI=1S/C26H28N2O4/c1-17(2)32-23-14-13-21(16-24(23)31-4)26(30)27-18(3)20-11-8-12-22(15-20)28-25(29)19-9-6-5-7-10-19/h5-18H,1-4H3,(H,27,30)(H,28,29). The van der Waals surface area contributed by atoms with Crippen LogP contribution in [0.1, 0.15) is 53.1 Å². The van der Waals surface area contributed by atoms with Gasteiger partial charge in [0.1, 0.15) is 0 Å². The number of amides is 2. The Morgan fingerprint density at radius 2 is 1.53 bits per heavy atom. The molecule has 1 unspecified atom stereocenters. The SMILES string of the molecule is COc1cc(C(=O)NC(C)c2cccc(NC(=O)c3ccccc3)c2)ccc1OC(C)C. The van der Waals surface area contributed by atoms with E-state index in [2.05, 4.69) is 10.6 Å². The van der Waals surface area contributed by atoms with Crippen LogP contribution in [0.5, 0.6) is 11.5 Å². The first-order valence-electron chi connectivity index (χ1n) is 10.5. The molecule has 0 aliphatic rings. The summed E-state index contributed by atoms with van der Waals surface area (Å²) in [7, 11) is 1.54. The predicted molar refractivity (Wildman–Crippen MR) is 125 cm³/mol. The van der Waals surface area contributed by atoms with E-state index in [9.17, 15) is 9.59 Å². The number of ether oxygens (including phenoxy) is 2. The molecule has 2 N–H and O–H groups in total. The number of carbonyl (C=O) groups excluding carboxylic acids is 2. The minimum atomic E-state index is -0.270. The van der Waals surface area contributed by atoms with Gasteiger partial charge >= 0.3 is 0 Å². The van der Waals surface area contributed by atoms with Gasteiger partial charge in [-0.2, -0.15) is 0 Å². The quantitative estimate of drug-likeness (QED) is 0.511. The van der Waals surface area contributed by atoms with Gasteiger partial charge < -0.3 is 20.1 Å². The van der Waals surface area contributed by atoms with E-state index >= 15 is 0 Å². The first-order valence-corrected chi connectivity index (χ1v) is 10.5. The van der Waals surface area contributed by atoms with E-state index in [4.69, 9.17) is 9.47 Å². The highest BCUT2D eigenvalue weighted by Gasteiger charge is 2.16. The summed E-state index contributed by atoms with van der Waals surface area (Å²) < 4.78 is 11.1. The molecule has 0 heterocycles. The molecular weight excluding hydrogens is 404 g/mol.